The van der Waals surface area contributed by atoms with Gasteiger partial charge in [-0.25, -0.2) is 0 Å². The first-order chi connectivity index (χ1) is 12.2. The molecule has 0 radical (unpaired) electrons. The lowest BCUT2D eigenvalue weighted by molar-refractivity contribution is 0.0627. The minimum absolute atomic E-state index is 0.0496. The predicted octanol–water partition coefficient (Wildman–Crippen LogP) is 2.65. The van der Waals surface area contributed by atoms with Crippen LogP contribution >= 0.6 is 0 Å². The first-order valence-electron chi connectivity index (χ1n) is 9.32. The molecule has 2 heterocycles. The van der Waals surface area contributed by atoms with Gasteiger partial charge < -0.3 is 10.2 Å². The fraction of sp³-hybridized carbons (Fsp3) is 0.500. The van der Waals surface area contributed by atoms with Gasteiger partial charge in [0.05, 0.1) is 6.04 Å². The number of rotatable bonds is 4. The van der Waals surface area contributed by atoms with Gasteiger partial charge in [0.15, 0.2) is 5.69 Å². The second-order valence-electron chi connectivity index (χ2n) is 7.17. The summed E-state index contributed by atoms with van der Waals surface area (Å²) in [4.78, 5) is 15.1. The molecular formula is C20H26N4O. The van der Waals surface area contributed by atoms with Gasteiger partial charge in [-0.2, -0.15) is 5.10 Å². The van der Waals surface area contributed by atoms with Crippen molar-refractivity contribution in [2.45, 2.75) is 38.1 Å². The second-order valence-corrected chi connectivity index (χ2v) is 7.17. The second kappa shape index (κ2) is 6.64. The molecular weight excluding hydrogens is 312 g/mol. The van der Waals surface area contributed by atoms with E-state index in [1.165, 1.54) is 29.7 Å². The van der Waals surface area contributed by atoms with Crippen LogP contribution in [0.5, 0.6) is 0 Å². The van der Waals surface area contributed by atoms with Crippen LogP contribution in [-0.2, 0) is 13.5 Å². The third-order valence-corrected chi connectivity index (χ3v) is 5.41. The summed E-state index contributed by atoms with van der Waals surface area (Å²) in [6, 6.07) is 10.7. The zero-order valence-corrected chi connectivity index (χ0v) is 15.0. The topological polar surface area (TPSA) is 50.2 Å². The molecule has 1 aromatic carbocycles. The van der Waals surface area contributed by atoms with Gasteiger partial charge in [0.2, 0.25) is 0 Å². The normalized spacial score (nSPS) is 20.7. The fourth-order valence-electron chi connectivity index (χ4n) is 3.72. The molecule has 2 fully saturated rings. The van der Waals surface area contributed by atoms with E-state index in [1.54, 1.807) is 0 Å². The Kier molecular flexibility index (Phi) is 4.34. The van der Waals surface area contributed by atoms with Gasteiger partial charge in [-0.3, -0.25) is 9.48 Å². The van der Waals surface area contributed by atoms with Crippen LogP contribution in [0.25, 0.3) is 0 Å². The molecule has 1 amide bonds. The Balaban J connectivity index is 1.59. The van der Waals surface area contributed by atoms with Gasteiger partial charge in [0, 0.05) is 38.3 Å². The third-order valence-electron chi connectivity index (χ3n) is 5.41. The monoisotopic (exact) mass is 338 g/mol. The van der Waals surface area contributed by atoms with E-state index in [0.29, 0.717) is 18.2 Å². The Labute approximate surface area is 149 Å². The van der Waals surface area contributed by atoms with Crippen LogP contribution < -0.4 is 5.32 Å². The molecule has 2 aliphatic rings. The number of piperazine rings is 1. The highest BCUT2D eigenvalue weighted by atomic mass is 16.2. The number of carbonyl (C=O) groups is 1. The largest absolute Gasteiger partial charge is 0.328 e. The summed E-state index contributed by atoms with van der Waals surface area (Å²) in [6.45, 7) is 4.50. The van der Waals surface area contributed by atoms with Gasteiger partial charge in [-0.15, -0.1) is 0 Å². The molecule has 1 saturated heterocycles. The Morgan fingerprint density at radius 1 is 1.28 bits per heavy atom. The summed E-state index contributed by atoms with van der Waals surface area (Å²) < 4.78 is 1.89. The van der Waals surface area contributed by atoms with Crippen LogP contribution in [0.2, 0.25) is 0 Å². The molecule has 132 valence electrons. The van der Waals surface area contributed by atoms with Crippen LogP contribution in [0.3, 0.4) is 0 Å². The summed E-state index contributed by atoms with van der Waals surface area (Å²) in [6.07, 6.45) is 3.46. The molecule has 1 aromatic heterocycles. The first-order valence-corrected chi connectivity index (χ1v) is 9.32. The number of amides is 1. The molecule has 0 spiro atoms. The maximum absolute atomic E-state index is 13.1. The Morgan fingerprint density at radius 3 is 2.72 bits per heavy atom. The number of nitrogens with one attached hydrogen (secondary N) is 1. The van der Waals surface area contributed by atoms with Crippen molar-refractivity contribution in [1.29, 1.82) is 0 Å². The number of benzene rings is 1. The van der Waals surface area contributed by atoms with Crippen molar-refractivity contribution in [2.24, 2.45) is 7.05 Å². The van der Waals surface area contributed by atoms with Crippen LogP contribution in [0.4, 0.5) is 0 Å². The van der Waals surface area contributed by atoms with Crippen LogP contribution in [0.1, 0.15) is 59.0 Å². The van der Waals surface area contributed by atoms with Crippen molar-refractivity contribution in [1.82, 2.24) is 20.0 Å². The van der Waals surface area contributed by atoms with Crippen molar-refractivity contribution >= 4 is 5.91 Å². The Bertz CT molecular complexity index is 761. The van der Waals surface area contributed by atoms with E-state index in [9.17, 15) is 4.79 Å². The van der Waals surface area contributed by atoms with Gasteiger partial charge in [0.1, 0.15) is 0 Å². The number of aryl methyl sites for hydroxylation is 2. The molecule has 1 N–H and O–H groups in total. The van der Waals surface area contributed by atoms with Crippen molar-refractivity contribution in [3.05, 3.63) is 52.8 Å². The van der Waals surface area contributed by atoms with Crippen LogP contribution in [0, 0.1) is 0 Å². The van der Waals surface area contributed by atoms with E-state index < -0.39 is 0 Å². The molecule has 25 heavy (non-hydrogen) atoms. The molecule has 2 aromatic rings. The maximum Gasteiger partial charge on any atom is 0.274 e. The van der Waals surface area contributed by atoms with Crippen LogP contribution in [0.15, 0.2) is 30.3 Å². The fourth-order valence-corrected chi connectivity index (χ4v) is 3.72. The van der Waals surface area contributed by atoms with Crippen molar-refractivity contribution in [3.63, 3.8) is 0 Å². The Morgan fingerprint density at radius 2 is 2.04 bits per heavy atom. The lowest BCUT2D eigenvalue weighted by Gasteiger charge is -2.36. The molecule has 1 unspecified atom stereocenters. The summed E-state index contributed by atoms with van der Waals surface area (Å²) in [5.41, 5.74) is 4.30. The summed E-state index contributed by atoms with van der Waals surface area (Å²) in [5.74, 6) is 0.646. The number of nitrogens with zero attached hydrogens (tertiary/aromatic N) is 3. The van der Waals surface area contributed by atoms with Crippen molar-refractivity contribution < 1.29 is 4.79 Å². The number of hydrogen-bond acceptors (Lipinski definition) is 3. The molecule has 4 rings (SSSR count). The number of aromatic nitrogens is 2. The lowest BCUT2D eigenvalue weighted by atomic mass is 10.0. The lowest BCUT2D eigenvalue weighted by Crippen LogP contribution is -2.48. The van der Waals surface area contributed by atoms with E-state index in [2.05, 4.69) is 41.6 Å². The maximum atomic E-state index is 13.1. The van der Waals surface area contributed by atoms with Gasteiger partial charge in [-0.05, 0) is 36.5 Å². The van der Waals surface area contributed by atoms with Gasteiger partial charge >= 0.3 is 0 Å². The Hall–Kier alpha value is -2.14. The quantitative estimate of drug-likeness (QED) is 0.932. The van der Waals surface area contributed by atoms with Crippen LogP contribution in [-0.4, -0.2) is 40.2 Å². The van der Waals surface area contributed by atoms with Crippen molar-refractivity contribution in [3.8, 4) is 0 Å². The average molecular weight is 338 g/mol. The summed E-state index contributed by atoms with van der Waals surface area (Å²) in [7, 11) is 1.95. The van der Waals surface area contributed by atoms with E-state index in [1.807, 2.05) is 22.7 Å². The van der Waals surface area contributed by atoms with Gasteiger partial charge in [-0.1, -0.05) is 31.2 Å². The highest BCUT2D eigenvalue weighted by molar-refractivity contribution is 5.93. The van der Waals surface area contributed by atoms with E-state index in [4.69, 9.17) is 0 Å². The molecule has 1 saturated carbocycles. The smallest absolute Gasteiger partial charge is 0.274 e. The summed E-state index contributed by atoms with van der Waals surface area (Å²) >= 11 is 0. The van der Waals surface area contributed by atoms with E-state index in [0.717, 1.165) is 19.5 Å². The van der Waals surface area contributed by atoms with E-state index in [-0.39, 0.29) is 11.9 Å². The van der Waals surface area contributed by atoms with E-state index >= 15 is 0 Å². The number of carbonyl (C=O) groups excluding carboxylic acids is 1. The predicted molar refractivity (Wildman–Crippen MR) is 97.7 cm³/mol. The van der Waals surface area contributed by atoms with Crippen molar-refractivity contribution in [2.75, 3.05) is 19.6 Å². The zero-order valence-electron chi connectivity index (χ0n) is 15.0. The highest BCUT2D eigenvalue weighted by Crippen LogP contribution is 2.40. The SMILES string of the molecule is CCc1ccc(C2CNCCN2C(=O)c2cc(C3CC3)n(C)n2)cc1. The molecule has 1 aliphatic carbocycles. The zero-order chi connectivity index (χ0) is 17.4. The average Bonchev–Trinajstić information content (AvgIpc) is 3.43. The minimum atomic E-state index is 0.0496. The standard InChI is InChI=1S/C20H26N4O/c1-3-14-4-6-16(7-5-14)19-13-21-10-11-24(19)20(25)17-12-18(15-8-9-15)23(2)22-17/h4-7,12,15,19,21H,3,8-11,13H2,1-2H3. The molecule has 0 bridgehead atoms. The molecule has 5 nitrogen and oxygen atoms in total. The molecule has 1 atom stereocenters. The van der Waals surface area contributed by atoms with Gasteiger partial charge in [0.25, 0.3) is 5.91 Å². The molecule has 5 heteroatoms. The first kappa shape index (κ1) is 16.3. The summed E-state index contributed by atoms with van der Waals surface area (Å²) in [5, 5.41) is 7.93. The third kappa shape index (κ3) is 3.21. The highest BCUT2D eigenvalue weighted by Gasteiger charge is 2.32. The molecule has 1 aliphatic heterocycles. The minimum Gasteiger partial charge on any atom is -0.328 e. The number of hydrogen-bond donors (Lipinski definition) is 1.